The summed E-state index contributed by atoms with van der Waals surface area (Å²) in [5.74, 6) is -1.41. The van der Waals surface area contributed by atoms with Gasteiger partial charge in [0.15, 0.2) is 0 Å². The van der Waals surface area contributed by atoms with E-state index in [1.54, 1.807) is 6.92 Å². The Labute approximate surface area is 149 Å². The molecule has 0 saturated heterocycles. The molecule has 2 rings (SSSR count). The number of aryl methyl sites for hydroxylation is 1. The monoisotopic (exact) mass is 388 g/mol. The lowest BCUT2D eigenvalue weighted by Gasteiger charge is -2.10. The second-order valence-electron chi connectivity index (χ2n) is 5.23. The van der Waals surface area contributed by atoms with Crippen LogP contribution in [0, 0.1) is 22.9 Å². The maximum atomic E-state index is 13.2. The minimum atomic E-state index is -4.71. The molecule has 1 amide bonds. The molecule has 0 radical (unpaired) electrons. The number of nitro benzene ring substituents is 1. The maximum absolute atomic E-state index is 13.2. The Balaban J connectivity index is 2.12. The third-order valence-electron chi connectivity index (χ3n) is 3.32. The van der Waals surface area contributed by atoms with E-state index in [-0.39, 0.29) is 16.3 Å². The molecule has 10 heteroatoms. The number of benzene rings is 2. The van der Waals surface area contributed by atoms with Gasteiger partial charge in [0.1, 0.15) is 5.82 Å². The van der Waals surface area contributed by atoms with E-state index in [9.17, 15) is 32.5 Å². The van der Waals surface area contributed by atoms with E-state index in [4.69, 9.17) is 0 Å². The highest BCUT2D eigenvalue weighted by Crippen LogP contribution is 2.36. The van der Waals surface area contributed by atoms with E-state index in [0.717, 1.165) is 23.9 Å². The Morgan fingerprint density at radius 1 is 1.23 bits per heavy atom. The molecule has 26 heavy (non-hydrogen) atoms. The Morgan fingerprint density at radius 2 is 1.92 bits per heavy atom. The van der Waals surface area contributed by atoms with Crippen molar-refractivity contribution < 1.29 is 27.3 Å². The lowest BCUT2D eigenvalue weighted by atomic mass is 10.2. The lowest BCUT2D eigenvalue weighted by molar-refractivity contribution is -0.388. The molecule has 138 valence electrons. The molecule has 0 atom stereocenters. The number of carbonyl (C=O) groups excluding carboxylic acids is 1. The van der Waals surface area contributed by atoms with Crippen LogP contribution in [-0.4, -0.2) is 16.6 Å². The molecule has 0 fully saturated rings. The molecule has 0 bridgehead atoms. The number of alkyl halides is 3. The zero-order valence-corrected chi connectivity index (χ0v) is 14.1. The summed E-state index contributed by atoms with van der Waals surface area (Å²) in [7, 11) is 0. The van der Waals surface area contributed by atoms with Gasteiger partial charge in [-0.25, -0.2) is 4.39 Å². The Kier molecular flexibility index (Phi) is 5.86. The van der Waals surface area contributed by atoms with Crippen LogP contribution in [0.2, 0.25) is 0 Å². The van der Waals surface area contributed by atoms with Crippen molar-refractivity contribution >= 4 is 29.0 Å². The van der Waals surface area contributed by atoms with Crippen molar-refractivity contribution in [2.24, 2.45) is 0 Å². The summed E-state index contributed by atoms with van der Waals surface area (Å²) in [5, 5.41) is 13.5. The van der Waals surface area contributed by atoms with Crippen molar-refractivity contribution in [2.75, 3.05) is 11.1 Å². The van der Waals surface area contributed by atoms with Gasteiger partial charge < -0.3 is 5.32 Å². The molecular formula is C16H12F4N2O3S. The summed E-state index contributed by atoms with van der Waals surface area (Å²) >= 11 is 0.717. The first-order chi connectivity index (χ1) is 12.1. The zero-order chi connectivity index (χ0) is 19.5. The molecule has 0 aliphatic rings. The Morgan fingerprint density at radius 3 is 2.54 bits per heavy atom. The second kappa shape index (κ2) is 7.73. The summed E-state index contributed by atoms with van der Waals surface area (Å²) < 4.78 is 51.2. The molecule has 2 aromatic rings. The summed E-state index contributed by atoms with van der Waals surface area (Å²) in [4.78, 5) is 21.9. The first-order valence-electron chi connectivity index (χ1n) is 7.12. The van der Waals surface area contributed by atoms with Crippen molar-refractivity contribution in [2.45, 2.75) is 18.0 Å². The number of amides is 1. The molecule has 0 aromatic heterocycles. The number of nitrogens with one attached hydrogen (secondary N) is 1. The van der Waals surface area contributed by atoms with Crippen molar-refractivity contribution in [1.29, 1.82) is 0 Å². The van der Waals surface area contributed by atoms with Crippen molar-refractivity contribution in [1.82, 2.24) is 0 Å². The summed E-state index contributed by atoms with van der Waals surface area (Å²) in [6.07, 6.45) is -4.71. The molecular weight excluding hydrogens is 376 g/mol. The Bertz CT molecular complexity index is 856. The number of carbonyl (C=O) groups is 1. The quantitative estimate of drug-likeness (QED) is 0.346. The number of anilines is 1. The highest BCUT2D eigenvalue weighted by Gasteiger charge is 2.33. The van der Waals surface area contributed by atoms with Gasteiger partial charge in [0, 0.05) is 11.8 Å². The minimum Gasteiger partial charge on any atom is -0.325 e. The standard InChI is InChI=1S/C16H12F4N2O3S/c1-9-2-4-11(17)7-12(9)21-15(23)8-26-14-5-3-10(16(18,19)20)6-13(14)22(24)25/h2-7H,8H2,1H3,(H,21,23). The largest absolute Gasteiger partial charge is 0.416 e. The van der Waals surface area contributed by atoms with Gasteiger partial charge in [-0.1, -0.05) is 6.07 Å². The van der Waals surface area contributed by atoms with E-state index in [1.807, 2.05) is 0 Å². The molecule has 2 aromatic carbocycles. The summed E-state index contributed by atoms with van der Waals surface area (Å²) in [6, 6.07) is 5.91. The van der Waals surface area contributed by atoms with Crippen molar-refractivity contribution in [3.8, 4) is 0 Å². The van der Waals surface area contributed by atoms with Gasteiger partial charge in [0.25, 0.3) is 5.69 Å². The van der Waals surface area contributed by atoms with E-state index in [1.165, 1.54) is 12.1 Å². The molecule has 1 N–H and O–H groups in total. The van der Waals surface area contributed by atoms with E-state index < -0.39 is 34.1 Å². The molecule has 0 heterocycles. The molecule has 0 aliphatic heterocycles. The van der Waals surface area contributed by atoms with Crippen LogP contribution in [0.4, 0.5) is 28.9 Å². The molecule has 0 saturated carbocycles. The highest BCUT2D eigenvalue weighted by molar-refractivity contribution is 8.00. The summed E-state index contributed by atoms with van der Waals surface area (Å²) in [6.45, 7) is 1.66. The van der Waals surface area contributed by atoms with E-state index in [2.05, 4.69) is 5.32 Å². The summed E-state index contributed by atoms with van der Waals surface area (Å²) in [5.41, 5.74) is -1.02. The van der Waals surface area contributed by atoms with Gasteiger partial charge in [-0.2, -0.15) is 13.2 Å². The highest BCUT2D eigenvalue weighted by atomic mass is 32.2. The van der Waals surface area contributed by atoms with Gasteiger partial charge >= 0.3 is 6.18 Å². The normalized spacial score (nSPS) is 11.3. The van der Waals surface area contributed by atoms with E-state index in [0.29, 0.717) is 17.7 Å². The van der Waals surface area contributed by atoms with Crippen molar-refractivity contribution in [3.05, 3.63) is 63.5 Å². The SMILES string of the molecule is Cc1ccc(F)cc1NC(=O)CSc1ccc(C(F)(F)F)cc1[N+](=O)[O-]. The van der Waals surface area contributed by atoms with Gasteiger partial charge in [-0.3, -0.25) is 14.9 Å². The fraction of sp³-hybridized carbons (Fsp3) is 0.188. The number of nitro groups is 1. The van der Waals surface area contributed by atoms with Crippen molar-refractivity contribution in [3.63, 3.8) is 0 Å². The van der Waals surface area contributed by atoms with Crippen LogP contribution in [0.3, 0.4) is 0 Å². The first kappa shape index (κ1) is 19.7. The number of thioether (sulfide) groups is 1. The number of nitrogens with zero attached hydrogens (tertiary/aromatic N) is 1. The lowest BCUT2D eigenvalue weighted by Crippen LogP contribution is -2.15. The smallest absolute Gasteiger partial charge is 0.325 e. The van der Waals surface area contributed by atoms with Crippen LogP contribution in [-0.2, 0) is 11.0 Å². The number of hydrogen-bond acceptors (Lipinski definition) is 4. The van der Waals surface area contributed by atoms with E-state index >= 15 is 0 Å². The zero-order valence-electron chi connectivity index (χ0n) is 13.3. The van der Waals surface area contributed by atoms with Gasteiger partial charge in [0.05, 0.1) is 21.1 Å². The second-order valence-corrected chi connectivity index (χ2v) is 6.25. The molecule has 0 unspecified atom stereocenters. The first-order valence-corrected chi connectivity index (χ1v) is 8.11. The van der Waals surface area contributed by atoms with Gasteiger partial charge in [0.2, 0.25) is 5.91 Å². The third kappa shape index (κ3) is 4.94. The predicted molar refractivity (Wildman–Crippen MR) is 88.6 cm³/mol. The average molecular weight is 388 g/mol. The Hall–Kier alpha value is -2.62. The number of halogens is 4. The topological polar surface area (TPSA) is 72.2 Å². The maximum Gasteiger partial charge on any atom is 0.416 e. The fourth-order valence-corrected chi connectivity index (χ4v) is 2.82. The number of hydrogen-bond donors (Lipinski definition) is 1. The molecule has 0 spiro atoms. The van der Waals surface area contributed by atoms with Crippen LogP contribution < -0.4 is 5.32 Å². The molecule has 0 aliphatic carbocycles. The number of rotatable bonds is 5. The van der Waals surface area contributed by atoms with Crippen LogP contribution in [0.5, 0.6) is 0 Å². The van der Waals surface area contributed by atoms with Crippen LogP contribution in [0.1, 0.15) is 11.1 Å². The average Bonchev–Trinajstić information content (AvgIpc) is 2.55. The third-order valence-corrected chi connectivity index (χ3v) is 4.38. The minimum absolute atomic E-state index is 0.0749. The van der Waals surface area contributed by atoms with Crippen LogP contribution in [0.25, 0.3) is 0 Å². The van der Waals surface area contributed by atoms with Crippen LogP contribution >= 0.6 is 11.8 Å². The molecule has 5 nitrogen and oxygen atoms in total. The van der Waals surface area contributed by atoms with Crippen LogP contribution in [0.15, 0.2) is 41.3 Å². The van der Waals surface area contributed by atoms with Gasteiger partial charge in [-0.05, 0) is 36.8 Å². The van der Waals surface area contributed by atoms with Gasteiger partial charge in [-0.15, -0.1) is 11.8 Å². The fourth-order valence-electron chi connectivity index (χ4n) is 2.02. The predicted octanol–water partition coefficient (Wildman–Crippen LogP) is 4.79.